The molecule has 0 aliphatic carbocycles. The van der Waals surface area contributed by atoms with Gasteiger partial charge < -0.3 is 15.3 Å². The van der Waals surface area contributed by atoms with Gasteiger partial charge in [0.15, 0.2) is 0 Å². The van der Waals surface area contributed by atoms with Crippen molar-refractivity contribution in [1.82, 2.24) is 10.2 Å². The first kappa shape index (κ1) is 15.7. The molecule has 1 aliphatic rings. The highest BCUT2D eigenvalue weighted by atomic mass is 19.4. The van der Waals surface area contributed by atoms with E-state index in [0.717, 1.165) is 11.0 Å². The Bertz CT molecular complexity index is 547. The van der Waals surface area contributed by atoms with E-state index in [1.165, 1.54) is 7.05 Å². The Balaban J connectivity index is 2.27. The molecule has 1 aromatic rings. The molecule has 1 aromatic carbocycles. The quantitative estimate of drug-likeness (QED) is 0.809. The number of likely N-dealkylation sites (N-methyl/N-ethyl adjacent to an activating group) is 1. The van der Waals surface area contributed by atoms with Crippen molar-refractivity contribution < 1.29 is 27.5 Å². The first-order valence-electron chi connectivity index (χ1n) is 6.24. The number of rotatable bonds is 2. The van der Waals surface area contributed by atoms with E-state index in [9.17, 15) is 27.5 Å². The Morgan fingerprint density at radius 3 is 2.57 bits per heavy atom. The van der Waals surface area contributed by atoms with Crippen LogP contribution in [0.4, 0.5) is 17.6 Å². The van der Waals surface area contributed by atoms with Gasteiger partial charge in [0.1, 0.15) is 5.82 Å². The summed E-state index contributed by atoms with van der Waals surface area (Å²) in [6, 6.07) is 1.57. The Labute approximate surface area is 118 Å². The number of carbonyl (C=O) groups excluding carboxylic acids is 1. The minimum atomic E-state index is -4.87. The number of aliphatic hydroxyl groups is 1. The molecule has 1 saturated heterocycles. The summed E-state index contributed by atoms with van der Waals surface area (Å²) in [6.07, 6.45) is -5.66. The van der Waals surface area contributed by atoms with Gasteiger partial charge in [0, 0.05) is 25.7 Å². The lowest BCUT2D eigenvalue weighted by molar-refractivity contribution is -0.140. The van der Waals surface area contributed by atoms with Crippen LogP contribution < -0.4 is 5.32 Å². The molecule has 21 heavy (non-hydrogen) atoms. The molecule has 0 bridgehead atoms. The third-order valence-corrected chi connectivity index (χ3v) is 3.49. The average molecular weight is 306 g/mol. The van der Waals surface area contributed by atoms with Gasteiger partial charge in [0.25, 0.3) is 5.91 Å². The molecule has 0 unspecified atom stereocenters. The number of aliphatic hydroxyl groups excluding tert-OH is 1. The van der Waals surface area contributed by atoms with Crippen LogP contribution in [0.2, 0.25) is 0 Å². The average Bonchev–Trinajstić information content (AvgIpc) is 2.82. The van der Waals surface area contributed by atoms with Crippen molar-refractivity contribution in [2.24, 2.45) is 0 Å². The molecule has 0 aromatic heterocycles. The number of carbonyl (C=O) groups is 1. The third-order valence-electron chi connectivity index (χ3n) is 3.49. The van der Waals surface area contributed by atoms with Crippen LogP contribution in [-0.4, -0.2) is 48.2 Å². The second kappa shape index (κ2) is 5.61. The second-order valence-corrected chi connectivity index (χ2v) is 4.90. The normalized spacial score (nSPS) is 22.4. The van der Waals surface area contributed by atoms with E-state index in [2.05, 4.69) is 5.32 Å². The van der Waals surface area contributed by atoms with Crippen molar-refractivity contribution in [3.8, 4) is 0 Å². The van der Waals surface area contributed by atoms with Gasteiger partial charge in [-0.25, -0.2) is 4.39 Å². The van der Waals surface area contributed by atoms with Crippen molar-refractivity contribution in [3.05, 3.63) is 35.1 Å². The largest absolute Gasteiger partial charge is 0.419 e. The Morgan fingerprint density at radius 2 is 2.05 bits per heavy atom. The molecule has 1 heterocycles. The molecule has 2 atom stereocenters. The highest BCUT2D eigenvalue weighted by Crippen LogP contribution is 2.32. The minimum Gasteiger partial charge on any atom is -0.390 e. The smallest absolute Gasteiger partial charge is 0.390 e. The van der Waals surface area contributed by atoms with E-state index in [-0.39, 0.29) is 5.56 Å². The van der Waals surface area contributed by atoms with Gasteiger partial charge in [-0.2, -0.15) is 13.2 Å². The van der Waals surface area contributed by atoms with Gasteiger partial charge in [-0.05, 0) is 18.2 Å². The van der Waals surface area contributed by atoms with E-state index in [0.29, 0.717) is 25.2 Å². The number of nitrogens with zero attached hydrogens (tertiary/aromatic N) is 1. The van der Waals surface area contributed by atoms with Crippen molar-refractivity contribution in [3.63, 3.8) is 0 Å². The fraction of sp³-hybridized carbons (Fsp3) is 0.462. The molecule has 2 rings (SSSR count). The first-order valence-corrected chi connectivity index (χ1v) is 6.24. The van der Waals surface area contributed by atoms with Crippen molar-refractivity contribution in [2.75, 3.05) is 20.1 Å². The number of hydrogen-bond acceptors (Lipinski definition) is 3. The fourth-order valence-electron chi connectivity index (χ4n) is 2.28. The number of benzene rings is 1. The first-order chi connectivity index (χ1) is 9.71. The molecule has 1 aliphatic heterocycles. The van der Waals surface area contributed by atoms with E-state index in [1.54, 1.807) is 0 Å². The zero-order chi connectivity index (χ0) is 15.8. The van der Waals surface area contributed by atoms with Gasteiger partial charge in [0.05, 0.1) is 17.7 Å². The molecular formula is C13H14F4N2O2. The lowest BCUT2D eigenvalue weighted by Crippen LogP contribution is -2.44. The molecule has 116 valence electrons. The zero-order valence-electron chi connectivity index (χ0n) is 11.1. The van der Waals surface area contributed by atoms with E-state index < -0.39 is 35.6 Å². The lowest BCUT2D eigenvalue weighted by Gasteiger charge is -2.26. The molecule has 1 fully saturated rings. The SMILES string of the molecule is CN(C(=O)c1ccc(F)c(C(F)(F)F)c1)[C@@H]1CNC[C@H]1O. The van der Waals surface area contributed by atoms with E-state index >= 15 is 0 Å². The molecule has 8 heteroatoms. The summed E-state index contributed by atoms with van der Waals surface area (Å²) >= 11 is 0. The maximum Gasteiger partial charge on any atom is 0.419 e. The zero-order valence-corrected chi connectivity index (χ0v) is 11.1. The van der Waals surface area contributed by atoms with Crippen LogP contribution in [0.25, 0.3) is 0 Å². The molecule has 0 radical (unpaired) electrons. The summed E-state index contributed by atoms with van der Waals surface area (Å²) in [5.41, 5.74) is -1.75. The van der Waals surface area contributed by atoms with Crippen molar-refractivity contribution in [1.29, 1.82) is 0 Å². The Morgan fingerprint density at radius 1 is 1.38 bits per heavy atom. The van der Waals surface area contributed by atoms with E-state index in [1.807, 2.05) is 0 Å². The number of β-amino-alcohol motifs (C(OH)–C–C–N with tert-alkyl or cyclic N) is 1. The predicted octanol–water partition coefficient (Wildman–Crippen LogP) is 1.25. The topological polar surface area (TPSA) is 52.6 Å². The highest BCUT2D eigenvalue weighted by Gasteiger charge is 2.36. The third kappa shape index (κ3) is 3.16. The summed E-state index contributed by atoms with van der Waals surface area (Å²) in [7, 11) is 1.39. The van der Waals surface area contributed by atoms with Gasteiger partial charge in [-0.1, -0.05) is 0 Å². The highest BCUT2D eigenvalue weighted by molar-refractivity contribution is 5.94. The van der Waals surface area contributed by atoms with Crippen molar-refractivity contribution >= 4 is 5.91 Å². The number of halogens is 4. The van der Waals surface area contributed by atoms with Crippen LogP contribution in [-0.2, 0) is 6.18 Å². The maximum absolute atomic E-state index is 13.2. The maximum atomic E-state index is 13.2. The molecule has 0 saturated carbocycles. The van der Waals surface area contributed by atoms with Gasteiger partial charge in [-0.15, -0.1) is 0 Å². The Hall–Kier alpha value is -1.67. The number of amides is 1. The van der Waals surface area contributed by atoms with Crippen LogP contribution in [0.5, 0.6) is 0 Å². The summed E-state index contributed by atoms with van der Waals surface area (Å²) < 4.78 is 51.1. The molecule has 4 nitrogen and oxygen atoms in total. The monoisotopic (exact) mass is 306 g/mol. The number of hydrogen-bond donors (Lipinski definition) is 2. The predicted molar refractivity (Wildman–Crippen MR) is 66.2 cm³/mol. The molecule has 0 spiro atoms. The fourth-order valence-corrected chi connectivity index (χ4v) is 2.28. The molecule has 1 amide bonds. The van der Waals surface area contributed by atoms with Gasteiger partial charge in [0.2, 0.25) is 0 Å². The van der Waals surface area contributed by atoms with Crippen LogP contribution in [0.3, 0.4) is 0 Å². The number of nitrogens with one attached hydrogen (secondary N) is 1. The summed E-state index contributed by atoms with van der Waals surface area (Å²) in [5.74, 6) is -2.13. The van der Waals surface area contributed by atoms with Crippen LogP contribution in [0.1, 0.15) is 15.9 Å². The minimum absolute atomic E-state index is 0.273. The standard InChI is InChI=1S/C13H14F4N2O2/c1-19(10-5-18-6-11(10)20)12(21)7-2-3-9(14)8(4-7)13(15,16)17/h2-4,10-11,18,20H,5-6H2,1H3/t10-,11-/m1/s1. The van der Waals surface area contributed by atoms with Crippen molar-refractivity contribution in [2.45, 2.75) is 18.3 Å². The molecule has 2 N–H and O–H groups in total. The van der Waals surface area contributed by atoms with Gasteiger partial charge >= 0.3 is 6.18 Å². The second-order valence-electron chi connectivity index (χ2n) is 4.90. The summed E-state index contributed by atoms with van der Waals surface area (Å²) in [4.78, 5) is 13.3. The van der Waals surface area contributed by atoms with Crippen LogP contribution in [0, 0.1) is 5.82 Å². The Kier molecular flexibility index (Phi) is 4.20. The van der Waals surface area contributed by atoms with E-state index in [4.69, 9.17) is 0 Å². The summed E-state index contributed by atoms with van der Waals surface area (Å²) in [6.45, 7) is 0.649. The number of alkyl halides is 3. The van der Waals surface area contributed by atoms with Crippen LogP contribution in [0.15, 0.2) is 18.2 Å². The molecular weight excluding hydrogens is 292 g/mol. The summed E-state index contributed by atoms with van der Waals surface area (Å²) in [5, 5.41) is 12.6. The van der Waals surface area contributed by atoms with Gasteiger partial charge in [-0.3, -0.25) is 4.79 Å². The van der Waals surface area contributed by atoms with Crippen LogP contribution >= 0.6 is 0 Å². The lowest BCUT2D eigenvalue weighted by atomic mass is 10.1.